The van der Waals surface area contributed by atoms with E-state index in [4.69, 9.17) is 16.2 Å². The number of amides is 8. The number of esters is 1. The summed E-state index contributed by atoms with van der Waals surface area (Å²) in [7, 11) is 1.21. The molecule has 1 fully saturated rings. The molecule has 1 aliphatic rings. The Bertz CT molecular complexity index is 2480. The average Bonchev–Trinajstić information content (AvgIpc) is 3.98. The van der Waals surface area contributed by atoms with Gasteiger partial charge in [-0.1, -0.05) is 62.4 Å². The predicted octanol–water partition coefficient (Wildman–Crippen LogP) is -0.328. The average molecular weight is 983 g/mol. The summed E-state index contributed by atoms with van der Waals surface area (Å²) in [6, 6.07) is 8.17. The molecule has 8 amide bonds. The maximum atomic E-state index is 14.2. The zero-order valence-corrected chi connectivity index (χ0v) is 40.5. The number of imidazole rings is 1. The zero-order chi connectivity index (χ0) is 51.6. The summed E-state index contributed by atoms with van der Waals surface area (Å²) in [5, 5.41) is 16.8. The molecule has 382 valence electrons. The molecule has 71 heavy (non-hydrogen) atoms. The SMILES string of the molecule is COC(=O)C(CC(C)C)NC(=O)C(Cc1cnc[nH]1)NC(=O)CN1CCCCC(NC(=O)C(C)NC(=O)C(Cc2c[nH]c3ccccc23)NC(=O)C(CCC(N)=O)NC(=O)[C@H](N)Cc2ccccc2)C1=O. The number of aromatic amines is 2. The largest absolute Gasteiger partial charge is 0.467 e. The molecule has 0 bridgehead atoms. The van der Waals surface area contributed by atoms with E-state index >= 15 is 0 Å². The third-order valence-corrected chi connectivity index (χ3v) is 12.0. The molecule has 1 saturated heterocycles. The van der Waals surface area contributed by atoms with Crippen molar-refractivity contribution in [2.75, 3.05) is 20.2 Å². The topological polar surface area (TPSA) is 335 Å². The number of ether oxygens (including phenoxy) is 1. The van der Waals surface area contributed by atoms with Gasteiger partial charge in [0.15, 0.2) is 0 Å². The molecule has 22 nitrogen and oxygen atoms in total. The van der Waals surface area contributed by atoms with Crippen LogP contribution in [0.5, 0.6) is 0 Å². The van der Waals surface area contributed by atoms with E-state index in [0.717, 1.165) is 16.5 Å². The molecule has 3 heterocycles. The number of nitrogens with one attached hydrogen (secondary N) is 8. The Hall–Kier alpha value is -7.62. The Labute approximate surface area is 411 Å². The second-order valence-corrected chi connectivity index (χ2v) is 18.1. The number of likely N-dealkylation sites (tertiary alicyclic amines) is 1. The van der Waals surface area contributed by atoms with Gasteiger partial charge in [0.25, 0.3) is 0 Å². The van der Waals surface area contributed by atoms with Gasteiger partial charge in [-0.15, -0.1) is 0 Å². The van der Waals surface area contributed by atoms with Gasteiger partial charge in [0.2, 0.25) is 47.3 Å². The minimum Gasteiger partial charge on any atom is -0.467 e. The Morgan fingerprint density at radius 3 is 2.13 bits per heavy atom. The van der Waals surface area contributed by atoms with Crippen LogP contribution in [0, 0.1) is 5.92 Å². The monoisotopic (exact) mass is 983 g/mol. The van der Waals surface area contributed by atoms with E-state index in [2.05, 4.69) is 46.9 Å². The lowest BCUT2D eigenvalue weighted by Gasteiger charge is -2.27. The van der Waals surface area contributed by atoms with E-state index < -0.39 is 102 Å². The number of para-hydroxylation sites is 1. The molecule has 12 N–H and O–H groups in total. The Balaban J connectivity index is 1.26. The summed E-state index contributed by atoms with van der Waals surface area (Å²) in [5.74, 6) is -6.17. The van der Waals surface area contributed by atoms with E-state index in [1.807, 2.05) is 44.2 Å². The number of H-pyrrole nitrogens is 2. The quantitative estimate of drug-likeness (QED) is 0.0382. The van der Waals surface area contributed by atoms with Crippen LogP contribution >= 0.6 is 0 Å². The zero-order valence-electron chi connectivity index (χ0n) is 40.5. The van der Waals surface area contributed by atoms with Crippen molar-refractivity contribution >= 4 is 64.1 Å². The number of nitrogens with two attached hydrogens (primary N) is 2. The number of nitrogens with zero attached hydrogens (tertiary/aromatic N) is 2. The van der Waals surface area contributed by atoms with Gasteiger partial charge in [-0.25, -0.2) is 9.78 Å². The molecule has 4 aromatic rings. The first-order valence-electron chi connectivity index (χ1n) is 23.7. The number of benzene rings is 2. The predicted molar refractivity (Wildman–Crippen MR) is 260 cm³/mol. The van der Waals surface area contributed by atoms with Crippen molar-refractivity contribution in [1.29, 1.82) is 0 Å². The molecular weight excluding hydrogens is 917 g/mol. The number of fused-ring (bicyclic) bond motifs is 1. The van der Waals surface area contributed by atoms with E-state index in [-0.39, 0.29) is 57.4 Å². The maximum absolute atomic E-state index is 14.2. The van der Waals surface area contributed by atoms with Crippen LogP contribution in [0.4, 0.5) is 0 Å². The Kier molecular flexibility index (Phi) is 20.2. The Morgan fingerprint density at radius 2 is 1.44 bits per heavy atom. The fraction of sp³-hybridized carbons (Fsp3) is 0.469. The second kappa shape index (κ2) is 26.4. The van der Waals surface area contributed by atoms with Crippen LogP contribution in [0.25, 0.3) is 10.9 Å². The minimum absolute atomic E-state index is 0.00790. The summed E-state index contributed by atoms with van der Waals surface area (Å²) in [6.45, 7) is 4.89. The van der Waals surface area contributed by atoms with Crippen molar-refractivity contribution in [2.24, 2.45) is 17.4 Å². The van der Waals surface area contributed by atoms with Crippen LogP contribution in [0.2, 0.25) is 0 Å². The molecule has 2 aromatic carbocycles. The number of hydrogen-bond acceptors (Lipinski definition) is 12. The number of carbonyl (C=O) groups is 9. The van der Waals surface area contributed by atoms with Gasteiger partial charge in [0.1, 0.15) is 36.3 Å². The molecule has 5 rings (SSSR count). The lowest BCUT2D eigenvalue weighted by atomic mass is 10.0. The minimum atomic E-state index is -1.32. The van der Waals surface area contributed by atoms with Gasteiger partial charge >= 0.3 is 5.97 Å². The molecule has 22 heteroatoms. The van der Waals surface area contributed by atoms with Crippen LogP contribution in [0.1, 0.15) is 76.1 Å². The number of carbonyl (C=O) groups excluding carboxylic acids is 9. The van der Waals surface area contributed by atoms with E-state index in [1.165, 1.54) is 31.5 Å². The maximum Gasteiger partial charge on any atom is 0.328 e. The highest BCUT2D eigenvalue weighted by atomic mass is 16.5. The molecule has 0 saturated carbocycles. The number of primary amides is 1. The van der Waals surface area contributed by atoms with Gasteiger partial charge in [0.05, 0.1) is 26.0 Å². The van der Waals surface area contributed by atoms with Crippen molar-refractivity contribution in [1.82, 2.24) is 51.8 Å². The standard InChI is InChI=1S/C49H66N12O10/c1-28(2)20-40(49(70)71-4)60-47(68)39(23-32-25-52-27-54-32)56-42(63)26-61-19-11-10-16-37(48(61)69)58-43(64)29(3)55-46(67)38(22-31-24-53-35-15-9-8-14-33(31)35)59-45(66)36(17-18-41(51)62)57-44(65)34(50)21-30-12-6-5-7-13-30/h5-9,12-15,24-25,27-29,34,36-40,53H,10-11,16-23,26,50H2,1-4H3,(H2,51,62)(H,52,54)(H,55,67)(H,56,63)(H,57,65)(H,58,64)(H,59,66)(H,60,68)/t29?,34-,36?,37?,38?,39?,40?/m1/s1. The fourth-order valence-electron chi connectivity index (χ4n) is 8.21. The highest BCUT2D eigenvalue weighted by molar-refractivity contribution is 5.97. The third-order valence-electron chi connectivity index (χ3n) is 12.0. The fourth-order valence-corrected chi connectivity index (χ4v) is 8.21. The van der Waals surface area contributed by atoms with Gasteiger partial charge in [-0.05, 0) is 68.6 Å². The molecule has 7 atom stereocenters. The van der Waals surface area contributed by atoms with Crippen molar-refractivity contribution < 1.29 is 47.9 Å². The van der Waals surface area contributed by atoms with Crippen LogP contribution in [0.3, 0.4) is 0 Å². The molecule has 0 spiro atoms. The summed E-state index contributed by atoms with van der Waals surface area (Å²) >= 11 is 0. The third kappa shape index (κ3) is 16.5. The van der Waals surface area contributed by atoms with Gasteiger partial charge < -0.3 is 63.0 Å². The number of rotatable bonds is 25. The van der Waals surface area contributed by atoms with Crippen LogP contribution in [-0.2, 0) is 67.2 Å². The smallest absolute Gasteiger partial charge is 0.328 e. The lowest BCUT2D eigenvalue weighted by molar-refractivity contribution is -0.146. The second-order valence-electron chi connectivity index (χ2n) is 18.1. The lowest BCUT2D eigenvalue weighted by Crippen LogP contribution is -2.59. The first-order chi connectivity index (χ1) is 33.9. The molecular formula is C49H66N12O10. The summed E-state index contributed by atoms with van der Waals surface area (Å²) in [6.07, 6.45) is 5.74. The molecule has 0 aliphatic carbocycles. The number of hydrogen-bond donors (Lipinski definition) is 10. The van der Waals surface area contributed by atoms with Crippen molar-refractivity contribution in [3.63, 3.8) is 0 Å². The summed E-state index contributed by atoms with van der Waals surface area (Å²) < 4.78 is 4.89. The van der Waals surface area contributed by atoms with E-state index in [1.54, 1.807) is 30.5 Å². The van der Waals surface area contributed by atoms with Gasteiger partial charge in [-0.3, -0.25) is 38.4 Å². The first kappa shape index (κ1) is 54.3. The van der Waals surface area contributed by atoms with Crippen LogP contribution in [0.15, 0.2) is 73.3 Å². The number of aromatic nitrogens is 3. The number of methoxy groups -OCH3 is 1. The molecule has 2 aromatic heterocycles. The van der Waals surface area contributed by atoms with Crippen molar-refractivity contribution in [3.8, 4) is 0 Å². The van der Waals surface area contributed by atoms with Crippen LogP contribution < -0.4 is 43.4 Å². The molecule has 6 unspecified atom stereocenters. The molecule has 0 radical (unpaired) electrons. The Morgan fingerprint density at radius 1 is 0.775 bits per heavy atom. The van der Waals surface area contributed by atoms with Crippen molar-refractivity contribution in [2.45, 2.75) is 121 Å². The van der Waals surface area contributed by atoms with E-state index in [9.17, 15) is 43.2 Å². The highest BCUT2D eigenvalue weighted by Crippen LogP contribution is 2.20. The van der Waals surface area contributed by atoms with Gasteiger partial charge in [0, 0.05) is 54.8 Å². The summed E-state index contributed by atoms with van der Waals surface area (Å²) in [5.41, 5.74) is 14.4. The van der Waals surface area contributed by atoms with E-state index in [0.29, 0.717) is 24.1 Å². The highest BCUT2D eigenvalue weighted by Gasteiger charge is 2.35. The van der Waals surface area contributed by atoms with Gasteiger partial charge in [-0.2, -0.15) is 0 Å². The van der Waals surface area contributed by atoms with Crippen LogP contribution in [-0.4, -0.2) is 136 Å². The normalized spacial score (nSPS) is 16.3. The molecule has 1 aliphatic heterocycles. The first-order valence-corrected chi connectivity index (χ1v) is 23.7. The van der Waals surface area contributed by atoms with Crippen molar-refractivity contribution in [3.05, 3.63) is 90.1 Å². The summed E-state index contributed by atoms with van der Waals surface area (Å²) in [4.78, 5) is 132.